The van der Waals surface area contributed by atoms with Gasteiger partial charge in [-0.3, -0.25) is 14.5 Å². The molecule has 1 aliphatic heterocycles. The van der Waals surface area contributed by atoms with Gasteiger partial charge in [0.25, 0.3) is 5.91 Å². The lowest BCUT2D eigenvalue weighted by molar-refractivity contribution is -0.129. The summed E-state index contributed by atoms with van der Waals surface area (Å²) < 4.78 is 0. The highest BCUT2D eigenvalue weighted by atomic mass is 16.2. The molecule has 1 unspecified atom stereocenters. The second kappa shape index (κ2) is 6.15. The van der Waals surface area contributed by atoms with E-state index in [4.69, 9.17) is 0 Å². The number of aromatic nitrogens is 2. The number of urea groups is 1. The number of benzene rings is 1. The number of imide groups is 1. The molecule has 0 spiro atoms. The van der Waals surface area contributed by atoms with E-state index in [9.17, 15) is 14.4 Å². The minimum Gasteiger partial charge on any atom is -0.345 e. The monoisotopic (exact) mass is 327 g/mol. The number of nitrogens with one attached hydrogen (secondary N) is 2. The number of likely N-dealkylation sites (N-methyl/N-ethyl adjacent to an activating group) is 2. The zero-order valence-corrected chi connectivity index (χ0v) is 13.3. The molecule has 0 saturated carbocycles. The number of imidazole rings is 1. The molecule has 2 heterocycles. The van der Waals surface area contributed by atoms with Crippen LogP contribution in [0.25, 0.3) is 11.3 Å². The number of nitrogens with zero attached hydrogens (tertiary/aromatic N) is 3. The minimum atomic E-state index is -0.765. The molecule has 2 aromatic rings. The molecule has 1 aromatic heterocycles. The molecule has 8 heteroatoms. The molecule has 2 N–H and O–H groups in total. The highest BCUT2D eigenvalue weighted by molar-refractivity contribution is 6.06. The number of hydrogen-bond donors (Lipinski definition) is 2. The van der Waals surface area contributed by atoms with Crippen LogP contribution in [0.1, 0.15) is 6.42 Å². The third-order valence-electron chi connectivity index (χ3n) is 4.01. The molecule has 1 aromatic carbocycles. The van der Waals surface area contributed by atoms with Crippen molar-refractivity contribution in [1.29, 1.82) is 0 Å². The van der Waals surface area contributed by atoms with Crippen molar-refractivity contribution in [2.45, 2.75) is 12.5 Å². The van der Waals surface area contributed by atoms with Gasteiger partial charge >= 0.3 is 6.03 Å². The summed E-state index contributed by atoms with van der Waals surface area (Å²) in [5.74, 6) is -0.700. The van der Waals surface area contributed by atoms with Gasteiger partial charge in [0.1, 0.15) is 6.04 Å². The Kier molecular flexibility index (Phi) is 4.03. The Balaban J connectivity index is 1.69. The van der Waals surface area contributed by atoms with E-state index in [0.29, 0.717) is 5.69 Å². The Morgan fingerprint density at radius 2 is 2.12 bits per heavy atom. The van der Waals surface area contributed by atoms with E-state index >= 15 is 0 Å². The molecule has 4 amide bonds. The molecule has 1 aliphatic rings. The number of carbonyl (C=O) groups excluding carboxylic acids is 3. The Morgan fingerprint density at radius 1 is 1.33 bits per heavy atom. The molecule has 1 atom stereocenters. The molecule has 3 rings (SSSR count). The summed E-state index contributed by atoms with van der Waals surface area (Å²) in [7, 11) is 2.92. The quantitative estimate of drug-likeness (QED) is 0.827. The smallest absolute Gasteiger partial charge is 0.326 e. The molecule has 1 fully saturated rings. The van der Waals surface area contributed by atoms with Crippen molar-refractivity contribution in [1.82, 2.24) is 19.8 Å². The maximum absolute atomic E-state index is 12.2. The number of rotatable bonds is 4. The average Bonchev–Trinajstić information content (AvgIpc) is 3.16. The fourth-order valence-corrected chi connectivity index (χ4v) is 2.64. The second-order valence-electron chi connectivity index (χ2n) is 5.60. The van der Waals surface area contributed by atoms with Gasteiger partial charge in [-0.1, -0.05) is 12.1 Å². The van der Waals surface area contributed by atoms with Crippen LogP contribution in [0.5, 0.6) is 0 Å². The number of anilines is 1. The van der Waals surface area contributed by atoms with Crippen LogP contribution in [-0.4, -0.2) is 57.8 Å². The molecule has 0 radical (unpaired) electrons. The summed E-state index contributed by atoms with van der Waals surface area (Å²) >= 11 is 0. The summed E-state index contributed by atoms with van der Waals surface area (Å²) in [5.41, 5.74) is 2.33. The van der Waals surface area contributed by atoms with E-state index in [1.807, 2.05) is 18.2 Å². The lowest BCUT2D eigenvalue weighted by atomic mass is 10.1. The zero-order valence-electron chi connectivity index (χ0n) is 13.3. The number of aromatic amines is 1. The van der Waals surface area contributed by atoms with Gasteiger partial charge in [-0.2, -0.15) is 0 Å². The fourth-order valence-electron chi connectivity index (χ4n) is 2.64. The Hall–Kier alpha value is -3.16. The number of amides is 4. The SMILES string of the molecule is CN1C(=O)C(CC(=O)Nc2cccc(-c3cnc[nH]3)c2)N(C)C1=O. The van der Waals surface area contributed by atoms with Gasteiger partial charge in [0.15, 0.2) is 0 Å². The van der Waals surface area contributed by atoms with Gasteiger partial charge in [-0.25, -0.2) is 9.78 Å². The van der Waals surface area contributed by atoms with Gasteiger partial charge < -0.3 is 15.2 Å². The third kappa shape index (κ3) is 2.85. The van der Waals surface area contributed by atoms with Crippen LogP contribution >= 0.6 is 0 Å². The third-order valence-corrected chi connectivity index (χ3v) is 4.01. The zero-order chi connectivity index (χ0) is 17.3. The predicted octanol–water partition coefficient (Wildman–Crippen LogP) is 1.30. The minimum absolute atomic E-state index is 0.0836. The van der Waals surface area contributed by atoms with E-state index in [1.165, 1.54) is 19.0 Å². The largest absolute Gasteiger partial charge is 0.345 e. The summed E-state index contributed by atoms with van der Waals surface area (Å²) in [6.45, 7) is 0. The highest BCUT2D eigenvalue weighted by Crippen LogP contribution is 2.21. The van der Waals surface area contributed by atoms with Crippen molar-refractivity contribution in [2.75, 3.05) is 19.4 Å². The van der Waals surface area contributed by atoms with Crippen LogP contribution in [0.2, 0.25) is 0 Å². The van der Waals surface area contributed by atoms with Crippen LogP contribution < -0.4 is 5.32 Å². The van der Waals surface area contributed by atoms with Gasteiger partial charge in [-0.05, 0) is 12.1 Å². The van der Waals surface area contributed by atoms with Crippen LogP contribution in [0, 0.1) is 0 Å². The Labute approximate surface area is 138 Å². The van der Waals surface area contributed by atoms with Crippen molar-refractivity contribution in [3.63, 3.8) is 0 Å². The summed E-state index contributed by atoms with van der Waals surface area (Å²) in [6.07, 6.45) is 3.18. The Morgan fingerprint density at radius 3 is 2.75 bits per heavy atom. The van der Waals surface area contributed by atoms with Crippen molar-refractivity contribution >= 4 is 23.5 Å². The lowest BCUT2D eigenvalue weighted by Crippen LogP contribution is -2.35. The highest BCUT2D eigenvalue weighted by Gasteiger charge is 2.41. The van der Waals surface area contributed by atoms with Gasteiger partial charge in [0, 0.05) is 25.3 Å². The number of carbonyl (C=O) groups is 3. The first-order valence-electron chi connectivity index (χ1n) is 7.40. The summed E-state index contributed by atoms with van der Waals surface area (Å²) in [6, 6.07) is 6.11. The van der Waals surface area contributed by atoms with E-state index in [1.54, 1.807) is 18.6 Å². The van der Waals surface area contributed by atoms with Gasteiger partial charge in [0.2, 0.25) is 5.91 Å². The van der Waals surface area contributed by atoms with E-state index in [0.717, 1.165) is 16.2 Å². The fraction of sp³-hybridized carbons (Fsp3) is 0.250. The maximum Gasteiger partial charge on any atom is 0.326 e. The lowest BCUT2D eigenvalue weighted by Gasteiger charge is -2.15. The predicted molar refractivity (Wildman–Crippen MR) is 87.0 cm³/mol. The normalized spacial score (nSPS) is 17.5. The molecule has 24 heavy (non-hydrogen) atoms. The molecule has 8 nitrogen and oxygen atoms in total. The molecular formula is C16H17N5O3. The van der Waals surface area contributed by atoms with E-state index in [-0.39, 0.29) is 18.2 Å². The van der Waals surface area contributed by atoms with Crippen LogP contribution in [-0.2, 0) is 9.59 Å². The van der Waals surface area contributed by atoms with Crippen LogP contribution in [0.4, 0.5) is 10.5 Å². The first-order valence-corrected chi connectivity index (χ1v) is 7.40. The van der Waals surface area contributed by atoms with E-state index in [2.05, 4.69) is 15.3 Å². The van der Waals surface area contributed by atoms with Crippen molar-refractivity contribution in [3.05, 3.63) is 36.8 Å². The van der Waals surface area contributed by atoms with Crippen LogP contribution in [0.3, 0.4) is 0 Å². The molecule has 1 saturated heterocycles. The summed E-state index contributed by atoms with van der Waals surface area (Å²) in [4.78, 5) is 45.2. The van der Waals surface area contributed by atoms with E-state index < -0.39 is 12.1 Å². The first kappa shape index (κ1) is 15.7. The number of H-pyrrole nitrogens is 1. The number of hydrogen-bond acceptors (Lipinski definition) is 4. The Bertz CT molecular complexity index is 787. The van der Waals surface area contributed by atoms with Gasteiger partial charge in [-0.15, -0.1) is 0 Å². The summed E-state index contributed by atoms with van der Waals surface area (Å²) in [5, 5.41) is 2.76. The van der Waals surface area contributed by atoms with Crippen molar-refractivity contribution in [3.8, 4) is 11.3 Å². The molecule has 0 bridgehead atoms. The standard InChI is InChI=1S/C16H17N5O3/c1-20-13(15(23)21(2)16(20)24)7-14(22)19-11-5-3-4-10(6-11)12-8-17-9-18-12/h3-6,8-9,13H,7H2,1-2H3,(H,17,18)(H,19,22). The first-order chi connectivity index (χ1) is 11.5. The van der Waals surface area contributed by atoms with Crippen molar-refractivity contribution < 1.29 is 14.4 Å². The van der Waals surface area contributed by atoms with Gasteiger partial charge in [0.05, 0.1) is 24.6 Å². The molecule has 0 aliphatic carbocycles. The maximum atomic E-state index is 12.2. The van der Waals surface area contributed by atoms with Crippen molar-refractivity contribution in [2.24, 2.45) is 0 Å². The second-order valence-corrected chi connectivity index (χ2v) is 5.60. The molecule has 124 valence electrons. The topological polar surface area (TPSA) is 98.4 Å². The molecular weight excluding hydrogens is 310 g/mol. The van der Waals surface area contributed by atoms with Crippen LogP contribution in [0.15, 0.2) is 36.8 Å². The average molecular weight is 327 g/mol.